The first-order valence-corrected chi connectivity index (χ1v) is 15.7. The van der Waals surface area contributed by atoms with Crippen molar-refractivity contribution in [3.05, 3.63) is 95.9 Å². The fourth-order valence-electron chi connectivity index (χ4n) is 7.02. The van der Waals surface area contributed by atoms with Crippen LogP contribution in [0.3, 0.4) is 0 Å². The zero-order chi connectivity index (χ0) is 30.1. The van der Waals surface area contributed by atoms with E-state index in [-0.39, 0.29) is 41.3 Å². The van der Waals surface area contributed by atoms with Crippen LogP contribution in [0.4, 0.5) is 0 Å². The first kappa shape index (κ1) is 29.9. The van der Waals surface area contributed by atoms with E-state index < -0.39 is 27.6 Å². The molecule has 42 heavy (non-hydrogen) atoms. The quantitative estimate of drug-likeness (QED) is 0.217. The molecule has 0 spiro atoms. The minimum absolute atomic E-state index is 0.0754. The van der Waals surface area contributed by atoms with Crippen LogP contribution in [-0.4, -0.2) is 44.7 Å². The van der Waals surface area contributed by atoms with Gasteiger partial charge in [0.2, 0.25) is 0 Å². The first-order valence-electron chi connectivity index (χ1n) is 14.2. The lowest BCUT2D eigenvalue weighted by atomic mass is 9.46. The first-order chi connectivity index (χ1) is 19.9. The molecule has 1 aliphatic heterocycles. The number of aromatic nitrogens is 1. The Kier molecular flexibility index (Phi) is 8.27. The maximum Gasteiger partial charge on any atom is 0.339 e. The third-order valence-corrected chi connectivity index (χ3v) is 10.7. The van der Waals surface area contributed by atoms with Gasteiger partial charge in [0.25, 0.3) is 10.1 Å². The predicted molar refractivity (Wildman–Crippen MR) is 157 cm³/mol. The Hall–Kier alpha value is -3.56. The van der Waals surface area contributed by atoms with Crippen molar-refractivity contribution >= 4 is 22.1 Å². The van der Waals surface area contributed by atoms with Crippen molar-refractivity contribution in [2.45, 2.75) is 57.5 Å². The second-order valence-electron chi connectivity index (χ2n) is 12.1. The molecule has 0 saturated heterocycles. The van der Waals surface area contributed by atoms with Gasteiger partial charge < -0.3 is 9.47 Å². The van der Waals surface area contributed by atoms with Crippen LogP contribution in [-0.2, 0) is 28.6 Å². The Labute approximate surface area is 247 Å². The number of aryl methyl sites for hydroxylation is 1. The van der Waals surface area contributed by atoms with E-state index in [0.717, 1.165) is 17.6 Å². The Balaban J connectivity index is 1.48. The molecule has 0 N–H and O–H groups in total. The number of ether oxygens (including phenoxy) is 2. The number of fused-ring (bicyclic) bond motifs is 1. The van der Waals surface area contributed by atoms with E-state index in [1.165, 1.54) is 18.3 Å². The van der Waals surface area contributed by atoms with E-state index in [0.29, 0.717) is 30.4 Å². The van der Waals surface area contributed by atoms with Crippen molar-refractivity contribution in [2.75, 3.05) is 13.2 Å². The average molecular weight is 592 g/mol. The molecule has 0 amide bonds. The second kappa shape index (κ2) is 11.6. The largest absolute Gasteiger partial charge is 0.458 e. The Morgan fingerprint density at radius 1 is 1.19 bits per heavy atom. The van der Waals surface area contributed by atoms with Gasteiger partial charge in [-0.1, -0.05) is 55.8 Å². The molecule has 222 valence electrons. The number of carbonyl (C=O) groups is 2. The summed E-state index contributed by atoms with van der Waals surface area (Å²) in [6, 6.07) is 9.84. The number of hydrogen-bond donors (Lipinski definition) is 0. The summed E-state index contributed by atoms with van der Waals surface area (Å²) in [5.74, 6) is -1.01. The van der Waals surface area contributed by atoms with Gasteiger partial charge in [-0.2, -0.15) is 8.42 Å². The van der Waals surface area contributed by atoms with Gasteiger partial charge in [-0.05, 0) is 74.3 Å². The molecule has 2 aromatic rings. The van der Waals surface area contributed by atoms with E-state index in [4.69, 9.17) is 13.7 Å². The molecule has 0 radical (unpaired) electrons. The molecule has 1 aromatic heterocycles. The molecule has 2 aliphatic carbocycles. The lowest BCUT2D eigenvalue weighted by Crippen LogP contribution is -2.58. The minimum atomic E-state index is -4.07. The van der Waals surface area contributed by atoms with Gasteiger partial charge in [-0.25, -0.2) is 9.59 Å². The van der Waals surface area contributed by atoms with Gasteiger partial charge in [-0.3, -0.25) is 9.17 Å². The van der Waals surface area contributed by atoms with Crippen molar-refractivity contribution in [3.63, 3.8) is 0 Å². The minimum Gasteiger partial charge on any atom is -0.458 e. The van der Waals surface area contributed by atoms with Gasteiger partial charge >= 0.3 is 11.9 Å². The number of esters is 2. The number of carbonyl (C=O) groups excluding carboxylic acids is 2. The highest BCUT2D eigenvalue weighted by molar-refractivity contribution is 7.86. The lowest BCUT2D eigenvalue weighted by molar-refractivity contribution is -0.144. The number of pyridine rings is 1. The van der Waals surface area contributed by atoms with Crippen LogP contribution in [0.25, 0.3) is 0 Å². The number of rotatable bonds is 8. The molecule has 2 saturated carbocycles. The van der Waals surface area contributed by atoms with Crippen LogP contribution < -0.4 is 0 Å². The third-order valence-electron chi connectivity index (χ3n) is 9.38. The fraction of sp³-hybridized carbons (Fsp3) is 0.424. The molecule has 5 rings (SSSR count). The maximum absolute atomic E-state index is 13.3. The maximum atomic E-state index is 13.3. The van der Waals surface area contributed by atoms with Gasteiger partial charge in [0.05, 0.1) is 22.6 Å². The molecule has 1 aromatic carbocycles. The standard InChI is InChI=1S/C33H37NO7S/c1-22-7-11-26(12-8-22)42(37,38)40-21-33(4)28-14-9-23(2)27(13-10-24-16-19-39-30(24)35)32(28,3)17-15-29(33)41-31(36)25-6-5-18-34-20-25/h5-8,10-13,16,18,20,27-29H,2,9,14-15,17,19,21H2,1,3-4H3/b13-10+/t27-,28+,29-,32+,33+/m1/s1. The van der Waals surface area contributed by atoms with Crippen LogP contribution in [0.2, 0.25) is 0 Å². The summed E-state index contributed by atoms with van der Waals surface area (Å²) in [5.41, 5.74) is 1.64. The van der Waals surface area contributed by atoms with Gasteiger partial charge in [0, 0.05) is 23.7 Å². The van der Waals surface area contributed by atoms with Gasteiger partial charge in [0.1, 0.15) is 12.7 Å². The summed E-state index contributed by atoms with van der Waals surface area (Å²) in [6.45, 7) is 10.5. The lowest BCUT2D eigenvalue weighted by Gasteiger charge is -2.60. The second-order valence-corrected chi connectivity index (χ2v) is 13.7. The molecular weight excluding hydrogens is 554 g/mol. The van der Waals surface area contributed by atoms with E-state index >= 15 is 0 Å². The van der Waals surface area contributed by atoms with Gasteiger partial charge in [-0.15, -0.1) is 0 Å². The van der Waals surface area contributed by atoms with Crippen LogP contribution in [0.5, 0.6) is 0 Å². The third kappa shape index (κ3) is 5.72. The monoisotopic (exact) mass is 591 g/mol. The van der Waals surface area contributed by atoms with Crippen molar-refractivity contribution in [1.29, 1.82) is 0 Å². The molecule has 5 atom stereocenters. The zero-order valence-electron chi connectivity index (χ0n) is 24.2. The van der Waals surface area contributed by atoms with Crippen LogP contribution >= 0.6 is 0 Å². The molecule has 0 unspecified atom stereocenters. The fourth-order valence-corrected chi connectivity index (χ4v) is 8.03. The SMILES string of the molecule is C=C1CC[C@@H]2[C@](C)(COS(=O)(=O)c3ccc(C)cc3)[C@H](OC(=O)c3cccnc3)CC[C@@]2(C)[C@@H]1/C=C/C1=CCOC1=O. The molecule has 2 fully saturated rings. The average Bonchev–Trinajstić information content (AvgIpc) is 3.38. The number of cyclic esters (lactones) is 1. The summed E-state index contributed by atoms with van der Waals surface area (Å²) >= 11 is 0. The number of benzene rings is 1. The Morgan fingerprint density at radius 2 is 1.95 bits per heavy atom. The Bertz CT molecular complexity index is 1530. The van der Waals surface area contributed by atoms with Crippen LogP contribution in [0.1, 0.15) is 55.5 Å². The van der Waals surface area contributed by atoms with Crippen molar-refractivity contribution in [2.24, 2.45) is 22.7 Å². The number of nitrogens with zero attached hydrogens (tertiary/aromatic N) is 1. The van der Waals surface area contributed by atoms with Crippen molar-refractivity contribution in [1.82, 2.24) is 4.98 Å². The van der Waals surface area contributed by atoms with Crippen molar-refractivity contribution < 1.29 is 31.7 Å². The Morgan fingerprint density at radius 3 is 2.62 bits per heavy atom. The molecular formula is C33H37NO7S. The highest BCUT2D eigenvalue weighted by Gasteiger charge is 2.59. The molecule has 3 aliphatic rings. The predicted octanol–water partition coefficient (Wildman–Crippen LogP) is 5.75. The van der Waals surface area contributed by atoms with E-state index in [2.05, 4.69) is 18.5 Å². The molecule has 2 heterocycles. The van der Waals surface area contributed by atoms with Gasteiger partial charge in [0.15, 0.2) is 0 Å². The highest BCUT2D eigenvalue weighted by Crippen LogP contribution is 2.62. The number of hydrogen-bond acceptors (Lipinski definition) is 8. The van der Waals surface area contributed by atoms with E-state index in [9.17, 15) is 18.0 Å². The van der Waals surface area contributed by atoms with Crippen molar-refractivity contribution in [3.8, 4) is 0 Å². The normalized spacial score (nSPS) is 29.6. The molecule has 8 nitrogen and oxygen atoms in total. The summed E-state index contributed by atoms with van der Waals surface area (Å²) in [4.78, 5) is 29.4. The zero-order valence-corrected chi connectivity index (χ0v) is 25.1. The summed E-state index contributed by atoms with van der Waals surface area (Å²) < 4.78 is 43.6. The topological polar surface area (TPSA) is 109 Å². The van der Waals surface area contributed by atoms with E-state index in [1.807, 2.05) is 26.0 Å². The summed E-state index contributed by atoms with van der Waals surface area (Å²) in [7, 11) is -4.07. The molecule has 0 bridgehead atoms. The summed E-state index contributed by atoms with van der Waals surface area (Å²) in [5, 5.41) is 0. The van der Waals surface area contributed by atoms with Crippen LogP contribution in [0, 0.1) is 29.6 Å². The summed E-state index contributed by atoms with van der Waals surface area (Å²) in [6.07, 6.45) is 10.7. The molecule has 9 heteroatoms. The van der Waals surface area contributed by atoms with Crippen LogP contribution in [0.15, 0.2) is 89.6 Å². The smallest absolute Gasteiger partial charge is 0.339 e. The number of allylic oxidation sites excluding steroid dienone is 2. The van der Waals surface area contributed by atoms with E-state index in [1.54, 1.807) is 36.5 Å². The highest BCUT2D eigenvalue weighted by atomic mass is 32.2.